The highest BCUT2D eigenvalue weighted by Gasteiger charge is 2.25. The fourth-order valence-electron chi connectivity index (χ4n) is 2.12. The summed E-state index contributed by atoms with van der Waals surface area (Å²) < 4.78 is 0. The topological polar surface area (TPSA) is 108 Å². The number of hydrogen-bond acceptors (Lipinski definition) is 4. The molecule has 0 aliphatic carbocycles. The lowest BCUT2D eigenvalue weighted by Crippen LogP contribution is -2.51. The van der Waals surface area contributed by atoms with Crippen molar-refractivity contribution in [1.29, 1.82) is 0 Å². The molecule has 0 saturated heterocycles. The van der Waals surface area contributed by atoms with Gasteiger partial charge in [-0.15, -0.1) is 0 Å². The van der Waals surface area contributed by atoms with Crippen molar-refractivity contribution in [3.05, 3.63) is 35.9 Å². The van der Waals surface area contributed by atoms with Gasteiger partial charge in [-0.3, -0.25) is 19.6 Å². The SMILES string of the molecule is CC(C)C[C@H](NC(=O)C(=O)NO)C(=O)N[C@@H](C)c1ccccc1. The summed E-state index contributed by atoms with van der Waals surface area (Å²) in [5.41, 5.74) is 2.18. The van der Waals surface area contributed by atoms with Crippen molar-refractivity contribution >= 4 is 17.7 Å². The quantitative estimate of drug-likeness (QED) is 0.355. The molecule has 7 heteroatoms. The van der Waals surface area contributed by atoms with Crippen LogP contribution in [-0.2, 0) is 14.4 Å². The zero-order chi connectivity index (χ0) is 17.4. The third-order valence-corrected chi connectivity index (χ3v) is 3.30. The first-order chi connectivity index (χ1) is 10.8. The van der Waals surface area contributed by atoms with Gasteiger partial charge in [0.25, 0.3) is 0 Å². The number of hydrogen-bond donors (Lipinski definition) is 4. The highest BCUT2D eigenvalue weighted by molar-refractivity contribution is 6.35. The molecule has 0 spiro atoms. The van der Waals surface area contributed by atoms with E-state index in [4.69, 9.17) is 5.21 Å². The third-order valence-electron chi connectivity index (χ3n) is 3.30. The predicted octanol–water partition coefficient (Wildman–Crippen LogP) is 0.900. The molecule has 0 saturated carbocycles. The second-order valence-corrected chi connectivity index (χ2v) is 5.74. The van der Waals surface area contributed by atoms with Crippen LogP contribution in [0.15, 0.2) is 30.3 Å². The van der Waals surface area contributed by atoms with Crippen LogP contribution in [0.2, 0.25) is 0 Å². The van der Waals surface area contributed by atoms with Gasteiger partial charge in [-0.05, 0) is 24.8 Å². The molecule has 23 heavy (non-hydrogen) atoms. The summed E-state index contributed by atoms with van der Waals surface area (Å²) in [7, 11) is 0. The molecule has 0 aliphatic rings. The lowest BCUT2D eigenvalue weighted by atomic mass is 10.0. The van der Waals surface area contributed by atoms with E-state index < -0.39 is 17.9 Å². The summed E-state index contributed by atoms with van der Waals surface area (Å²) in [6.07, 6.45) is 0.373. The third kappa shape index (κ3) is 6.07. The van der Waals surface area contributed by atoms with Crippen LogP contribution in [0.5, 0.6) is 0 Å². The van der Waals surface area contributed by atoms with Gasteiger partial charge >= 0.3 is 11.8 Å². The largest absolute Gasteiger partial charge is 0.348 e. The van der Waals surface area contributed by atoms with Crippen LogP contribution in [0.3, 0.4) is 0 Å². The average Bonchev–Trinajstić information content (AvgIpc) is 2.53. The molecule has 4 N–H and O–H groups in total. The van der Waals surface area contributed by atoms with Gasteiger partial charge in [0, 0.05) is 0 Å². The van der Waals surface area contributed by atoms with Crippen LogP contribution in [0, 0.1) is 5.92 Å². The van der Waals surface area contributed by atoms with Crippen LogP contribution in [0.25, 0.3) is 0 Å². The molecule has 3 amide bonds. The van der Waals surface area contributed by atoms with Crippen LogP contribution < -0.4 is 16.1 Å². The fourth-order valence-corrected chi connectivity index (χ4v) is 2.12. The second-order valence-electron chi connectivity index (χ2n) is 5.74. The lowest BCUT2D eigenvalue weighted by Gasteiger charge is -2.22. The first kappa shape index (κ1) is 18.6. The predicted molar refractivity (Wildman–Crippen MR) is 84.3 cm³/mol. The van der Waals surface area contributed by atoms with Crippen molar-refractivity contribution in [2.75, 3.05) is 0 Å². The Hall–Kier alpha value is -2.41. The summed E-state index contributed by atoms with van der Waals surface area (Å²) in [5, 5.41) is 13.6. The van der Waals surface area contributed by atoms with Crippen LogP contribution in [-0.4, -0.2) is 29.0 Å². The molecule has 7 nitrogen and oxygen atoms in total. The highest BCUT2D eigenvalue weighted by atomic mass is 16.5. The Balaban J connectivity index is 2.75. The normalized spacial score (nSPS) is 13.1. The molecule has 0 unspecified atom stereocenters. The molecular weight excluding hydrogens is 298 g/mol. The van der Waals surface area contributed by atoms with E-state index in [-0.39, 0.29) is 17.9 Å². The monoisotopic (exact) mass is 321 g/mol. The number of amides is 3. The Bertz CT molecular complexity index is 546. The van der Waals surface area contributed by atoms with Crippen molar-refractivity contribution in [1.82, 2.24) is 16.1 Å². The van der Waals surface area contributed by atoms with E-state index in [1.165, 1.54) is 5.48 Å². The molecule has 0 bridgehead atoms. The van der Waals surface area contributed by atoms with Gasteiger partial charge in [-0.25, -0.2) is 5.48 Å². The van der Waals surface area contributed by atoms with E-state index in [1.54, 1.807) is 0 Å². The lowest BCUT2D eigenvalue weighted by molar-refractivity contribution is -0.145. The van der Waals surface area contributed by atoms with Crippen LogP contribution in [0.4, 0.5) is 0 Å². The Morgan fingerprint density at radius 1 is 1.00 bits per heavy atom. The van der Waals surface area contributed by atoms with Gasteiger partial charge in [0.2, 0.25) is 5.91 Å². The number of nitrogens with one attached hydrogen (secondary N) is 3. The van der Waals surface area contributed by atoms with E-state index in [9.17, 15) is 14.4 Å². The standard InChI is InChI=1S/C16H23N3O4/c1-10(2)9-13(18-15(21)16(22)19-23)14(20)17-11(3)12-7-5-4-6-8-12/h4-8,10-11,13,23H,9H2,1-3H3,(H,17,20)(H,18,21)(H,19,22)/t11-,13-/m0/s1. The summed E-state index contributed by atoms with van der Waals surface area (Å²) in [5.74, 6) is -2.51. The van der Waals surface area contributed by atoms with Gasteiger partial charge < -0.3 is 10.6 Å². The molecule has 0 fully saturated rings. The molecule has 0 radical (unpaired) electrons. The van der Waals surface area contributed by atoms with Crippen molar-refractivity contribution in [3.8, 4) is 0 Å². The van der Waals surface area contributed by atoms with Crippen molar-refractivity contribution in [3.63, 3.8) is 0 Å². The minimum absolute atomic E-state index is 0.135. The minimum Gasteiger partial charge on any atom is -0.348 e. The van der Waals surface area contributed by atoms with Gasteiger partial charge in [-0.2, -0.15) is 0 Å². The van der Waals surface area contributed by atoms with Crippen LogP contribution >= 0.6 is 0 Å². The van der Waals surface area contributed by atoms with Crippen molar-refractivity contribution < 1.29 is 19.6 Å². The average molecular weight is 321 g/mol. The zero-order valence-corrected chi connectivity index (χ0v) is 13.5. The highest BCUT2D eigenvalue weighted by Crippen LogP contribution is 2.12. The summed E-state index contributed by atoms with van der Waals surface area (Å²) >= 11 is 0. The van der Waals surface area contributed by atoms with Gasteiger partial charge in [0.15, 0.2) is 0 Å². The first-order valence-corrected chi connectivity index (χ1v) is 7.45. The Morgan fingerprint density at radius 2 is 1.61 bits per heavy atom. The molecule has 0 heterocycles. The van der Waals surface area contributed by atoms with Crippen molar-refractivity contribution in [2.24, 2.45) is 5.92 Å². The molecule has 126 valence electrons. The maximum absolute atomic E-state index is 12.4. The molecule has 1 rings (SSSR count). The maximum atomic E-state index is 12.4. The second kappa shape index (κ2) is 8.89. The molecular formula is C16H23N3O4. The minimum atomic E-state index is -1.21. The van der Waals surface area contributed by atoms with Gasteiger partial charge in [0.05, 0.1) is 6.04 Å². The van der Waals surface area contributed by atoms with E-state index in [2.05, 4.69) is 10.6 Å². The van der Waals surface area contributed by atoms with Gasteiger partial charge in [0.1, 0.15) is 6.04 Å². The summed E-state index contributed by atoms with van der Waals surface area (Å²) in [4.78, 5) is 35.0. The van der Waals surface area contributed by atoms with E-state index in [0.29, 0.717) is 6.42 Å². The number of rotatable bonds is 6. The molecule has 0 aromatic heterocycles. The van der Waals surface area contributed by atoms with E-state index in [0.717, 1.165) is 5.56 Å². The maximum Gasteiger partial charge on any atom is 0.332 e. The Kier molecular flexibility index (Phi) is 7.21. The summed E-state index contributed by atoms with van der Waals surface area (Å²) in [6.45, 7) is 5.64. The molecule has 1 aromatic carbocycles. The van der Waals surface area contributed by atoms with E-state index >= 15 is 0 Å². The number of hydroxylamine groups is 1. The van der Waals surface area contributed by atoms with Crippen molar-refractivity contribution in [2.45, 2.75) is 39.3 Å². The molecule has 1 aromatic rings. The van der Waals surface area contributed by atoms with E-state index in [1.807, 2.05) is 51.1 Å². The fraction of sp³-hybridized carbons (Fsp3) is 0.438. The Labute approximate surface area is 135 Å². The molecule has 2 atom stereocenters. The Morgan fingerprint density at radius 3 is 2.13 bits per heavy atom. The molecule has 0 aliphatic heterocycles. The number of carbonyl (C=O) groups excluding carboxylic acids is 3. The summed E-state index contributed by atoms with van der Waals surface area (Å²) in [6, 6.07) is 8.31. The van der Waals surface area contributed by atoms with Gasteiger partial charge in [-0.1, -0.05) is 44.2 Å². The van der Waals surface area contributed by atoms with Crippen LogP contribution in [0.1, 0.15) is 38.8 Å². The zero-order valence-electron chi connectivity index (χ0n) is 13.5. The number of carbonyl (C=O) groups is 3. The smallest absolute Gasteiger partial charge is 0.332 e. The number of benzene rings is 1. The first-order valence-electron chi connectivity index (χ1n) is 7.45.